The summed E-state index contributed by atoms with van der Waals surface area (Å²) in [6.45, 7) is 4.25. The van der Waals surface area contributed by atoms with Crippen molar-refractivity contribution in [1.29, 1.82) is 0 Å². The van der Waals surface area contributed by atoms with Crippen LogP contribution in [-0.4, -0.2) is 50.6 Å². The van der Waals surface area contributed by atoms with Crippen LogP contribution in [0.25, 0.3) is 0 Å². The average Bonchev–Trinajstić information content (AvgIpc) is 2.35. The Balaban J connectivity index is 2.17. The Kier molecular flexibility index (Phi) is 3.87. The summed E-state index contributed by atoms with van der Waals surface area (Å²) in [4.78, 5) is 16.0. The second-order valence-corrected chi connectivity index (χ2v) is 4.94. The lowest BCUT2D eigenvalue weighted by molar-refractivity contribution is -0.131. The SMILES string of the molecule is CNCC1CN(c2cccc(C)c2)CC(=O)N1C. The Labute approximate surface area is 109 Å². The molecule has 0 aromatic heterocycles. The van der Waals surface area contributed by atoms with Crippen molar-refractivity contribution in [3.8, 4) is 0 Å². The van der Waals surface area contributed by atoms with Gasteiger partial charge >= 0.3 is 0 Å². The van der Waals surface area contributed by atoms with Crippen molar-refractivity contribution < 1.29 is 4.79 Å². The van der Waals surface area contributed by atoms with Crippen LogP contribution >= 0.6 is 0 Å². The molecule has 1 N–H and O–H groups in total. The topological polar surface area (TPSA) is 35.6 Å². The third-order valence-corrected chi connectivity index (χ3v) is 3.50. The Bertz CT molecular complexity index is 433. The molecule has 1 aliphatic heterocycles. The zero-order valence-electron chi connectivity index (χ0n) is 11.3. The maximum atomic E-state index is 12.0. The second kappa shape index (κ2) is 5.40. The minimum atomic E-state index is 0.183. The Hall–Kier alpha value is -1.55. The largest absolute Gasteiger partial charge is 0.360 e. The lowest BCUT2D eigenvalue weighted by Crippen LogP contribution is -2.57. The first kappa shape index (κ1) is 12.9. The van der Waals surface area contributed by atoms with E-state index >= 15 is 0 Å². The van der Waals surface area contributed by atoms with Crippen LogP contribution in [0.2, 0.25) is 0 Å². The van der Waals surface area contributed by atoms with Crippen molar-refractivity contribution in [1.82, 2.24) is 10.2 Å². The van der Waals surface area contributed by atoms with Crippen LogP contribution in [0.5, 0.6) is 0 Å². The van der Waals surface area contributed by atoms with Crippen molar-refractivity contribution in [3.05, 3.63) is 29.8 Å². The van der Waals surface area contributed by atoms with Gasteiger partial charge in [-0.2, -0.15) is 0 Å². The fraction of sp³-hybridized carbons (Fsp3) is 0.500. The van der Waals surface area contributed by atoms with Crippen molar-refractivity contribution in [3.63, 3.8) is 0 Å². The summed E-state index contributed by atoms with van der Waals surface area (Å²) < 4.78 is 0. The summed E-state index contributed by atoms with van der Waals surface area (Å²) in [5.74, 6) is 0.183. The molecule has 1 aliphatic rings. The van der Waals surface area contributed by atoms with Gasteiger partial charge < -0.3 is 15.1 Å². The van der Waals surface area contributed by atoms with Gasteiger partial charge in [0.2, 0.25) is 5.91 Å². The molecule has 0 aliphatic carbocycles. The van der Waals surface area contributed by atoms with Gasteiger partial charge in [-0.3, -0.25) is 4.79 Å². The normalized spacial score (nSPS) is 20.4. The molecule has 18 heavy (non-hydrogen) atoms. The van der Waals surface area contributed by atoms with E-state index in [2.05, 4.69) is 35.3 Å². The molecule has 1 heterocycles. The van der Waals surface area contributed by atoms with E-state index in [4.69, 9.17) is 0 Å². The first-order valence-corrected chi connectivity index (χ1v) is 6.33. The summed E-state index contributed by atoms with van der Waals surface area (Å²) in [7, 11) is 3.81. The van der Waals surface area contributed by atoms with E-state index in [1.807, 2.05) is 25.1 Å². The summed E-state index contributed by atoms with van der Waals surface area (Å²) in [5, 5.41) is 3.15. The molecule has 4 heteroatoms. The molecule has 1 amide bonds. The monoisotopic (exact) mass is 247 g/mol. The van der Waals surface area contributed by atoms with Gasteiger partial charge in [-0.15, -0.1) is 0 Å². The number of carbonyl (C=O) groups is 1. The average molecular weight is 247 g/mol. The van der Waals surface area contributed by atoms with Crippen LogP contribution in [0.15, 0.2) is 24.3 Å². The van der Waals surface area contributed by atoms with Crippen LogP contribution in [0.4, 0.5) is 5.69 Å². The molecule has 1 fully saturated rings. The van der Waals surface area contributed by atoms with Gasteiger partial charge in [-0.05, 0) is 31.7 Å². The predicted octanol–water partition coefficient (Wildman–Crippen LogP) is 0.861. The molecular weight excluding hydrogens is 226 g/mol. The Morgan fingerprint density at radius 1 is 1.44 bits per heavy atom. The van der Waals surface area contributed by atoms with E-state index in [1.165, 1.54) is 5.56 Å². The first-order valence-electron chi connectivity index (χ1n) is 6.33. The van der Waals surface area contributed by atoms with E-state index in [-0.39, 0.29) is 11.9 Å². The molecular formula is C14H21N3O. The number of hydrogen-bond donors (Lipinski definition) is 1. The minimum Gasteiger partial charge on any atom is -0.360 e. The first-order chi connectivity index (χ1) is 8.61. The zero-order valence-corrected chi connectivity index (χ0v) is 11.3. The Morgan fingerprint density at radius 3 is 2.89 bits per heavy atom. The van der Waals surface area contributed by atoms with Crippen molar-refractivity contribution in [2.24, 2.45) is 0 Å². The van der Waals surface area contributed by atoms with Crippen LogP contribution in [0.3, 0.4) is 0 Å². The number of likely N-dealkylation sites (N-methyl/N-ethyl adjacent to an activating group) is 2. The number of carbonyl (C=O) groups excluding carboxylic acids is 1. The lowest BCUT2D eigenvalue weighted by atomic mass is 10.1. The molecule has 2 rings (SSSR count). The number of nitrogens with one attached hydrogen (secondary N) is 1. The number of aryl methyl sites for hydroxylation is 1. The van der Waals surface area contributed by atoms with Gasteiger partial charge in [-0.25, -0.2) is 0 Å². The van der Waals surface area contributed by atoms with Gasteiger partial charge in [0.05, 0.1) is 12.6 Å². The van der Waals surface area contributed by atoms with Crippen LogP contribution in [-0.2, 0) is 4.79 Å². The van der Waals surface area contributed by atoms with E-state index in [0.29, 0.717) is 6.54 Å². The maximum Gasteiger partial charge on any atom is 0.242 e. The lowest BCUT2D eigenvalue weighted by Gasteiger charge is -2.40. The summed E-state index contributed by atoms with van der Waals surface area (Å²) in [6, 6.07) is 8.56. The quantitative estimate of drug-likeness (QED) is 0.860. The van der Waals surface area contributed by atoms with E-state index < -0.39 is 0 Å². The zero-order chi connectivity index (χ0) is 13.1. The number of amides is 1. The molecule has 0 saturated carbocycles. The molecule has 0 spiro atoms. The number of piperazine rings is 1. The maximum absolute atomic E-state index is 12.0. The number of anilines is 1. The van der Waals surface area contributed by atoms with E-state index in [9.17, 15) is 4.79 Å². The van der Waals surface area contributed by atoms with Crippen LogP contribution in [0.1, 0.15) is 5.56 Å². The third-order valence-electron chi connectivity index (χ3n) is 3.50. The van der Waals surface area contributed by atoms with Gasteiger partial charge in [0.15, 0.2) is 0 Å². The molecule has 1 aromatic carbocycles. The summed E-state index contributed by atoms with van der Waals surface area (Å²) in [5.41, 5.74) is 2.36. The highest BCUT2D eigenvalue weighted by Crippen LogP contribution is 2.20. The third kappa shape index (κ3) is 2.64. The number of benzene rings is 1. The van der Waals surface area contributed by atoms with E-state index in [1.54, 1.807) is 0 Å². The fourth-order valence-corrected chi connectivity index (χ4v) is 2.38. The van der Waals surface area contributed by atoms with Crippen LogP contribution < -0.4 is 10.2 Å². The highest BCUT2D eigenvalue weighted by Gasteiger charge is 2.29. The summed E-state index contributed by atoms with van der Waals surface area (Å²) in [6.07, 6.45) is 0. The molecule has 1 aromatic rings. The second-order valence-electron chi connectivity index (χ2n) is 4.94. The molecule has 0 radical (unpaired) electrons. The fourth-order valence-electron chi connectivity index (χ4n) is 2.38. The molecule has 0 bridgehead atoms. The van der Waals surface area contributed by atoms with Gasteiger partial charge in [-0.1, -0.05) is 12.1 Å². The standard InChI is InChI=1S/C14H21N3O/c1-11-5-4-6-12(7-11)17-9-13(8-15-2)16(3)14(18)10-17/h4-7,13,15H,8-10H2,1-3H3. The highest BCUT2D eigenvalue weighted by atomic mass is 16.2. The molecule has 4 nitrogen and oxygen atoms in total. The number of rotatable bonds is 3. The smallest absolute Gasteiger partial charge is 0.242 e. The van der Waals surface area contributed by atoms with Gasteiger partial charge in [0, 0.05) is 25.8 Å². The molecule has 1 unspecified atom stereocenters. The number of nitrogens with zero attached hydrogens (tertiary/aromatic N) is 2. The van der Waals surface area contributed by atoms with Crippen molar-refractivity contribution in [2.75, 3.05) is 38.6 Å². The van der Waals surface area contributed by atoms with Gasteiger partial charge in [0.25, 0.3) is 0 Å². The van der Waals surface area contributed by atoms with Crippen molar-refractivity contribution >= 4 is 11.6 Å². The van der Waals surface area contributed by atoms with Crippen LogP contribution in [0, 0.1) is 6.92 Å². The van der Waals surface area contributed by atoms with Crippen molar-refractivity contribution in [2.45, 2.75) is 13.0 Å². The number of hydrogen-bond acceptors (Lipinski definition) is 3. The Morgan fingerprint density at radius 2 is 2.22 bits per heavy atom. The van der Waals surface area contributed by atoms with Gasteiger partial charge in [0.1, 0.15) is 0 Å². The molecule has 1 saturated heterocycles. The minimum absolute atomic E-state index is 0.183. The highest BCUT2D eigenvalue weighted by molar-refractivity contribution is 5.83. The summed E-state index contributed by atoms with van der Waals surface area (Å²) >= 11 is 0. The molecule has 98 valence electrons. The predicted molar refractivity (Wildman–Crippen MR) is 73.9 cm³/mol. The molecule has 1 atom stereocenters. The van der Waals surface area contributed by atoms with E-state index in [0.717, 1.165) is 18.8 Å².